The van der Waals surface area contributed by atoms with Gasteiger partial charge in [0.1, 0.15) is 0 Å². The van der Waals surface area contributed by atoms with Crippen LogP contribution in [0.15, 0.2) is 46.6 Å². The Balaban J connectivity index is 1.81. The number of non-ortho nitro benzene ring substituents is 1. The number of aryl methyl sites for hydroxylation is 1. The fraction of sp³-hybridized carbons (Fsp3) is 0.167. The van der Waals surface area contributed by atoms with Gasteiger partial charge in [-0.05, 0) is 24.6 Å². The maximum absolute atomic E-state index is 12.0. The number of aromatic nitrogens is 1. The van der Waals surface area contributed by atoms with E-state index >= 15 is 0 Å². The van der Waals surface area contributed by atoms with Crippen LogP contribution in [0.25, 0.3) is 10.9 Å². The first kappa shape index (κ1) is 18.8. The van der Waals surface area contributed by atoms with Gasteiger partial charge in [0.15, 0.2) is 23.8 Å². The monoisotopic (exact) mass is 384 g/mol. The van der Waals surface area contributed by atoms with Crippen molar-refractivity contribution in [1.82, 2.24) is 4.98 Å². The van der Waals surface area contributed by atoms with Crippen LogP contribution in [-0.2, 0) is 4.79 Å². The Morgan fingerprint density at radius 1 is 1.29 bits per heavy atom. The summed E-state index contributed by atoms with van der Waals surface area (Å²) < 4.78 is 10.5. The number of methoxy groups -OCH3 is 1. The van der Waals surface area contributed by atoms with E-state index in [9.17, 15) is 20.0 Å². The molecule has 28 heavy (non-hydrogen) atoms. The summed E-state index contributed by atoms with van der Waals surface area (Å²) in [5.74, 6) is -0.221. The Morgan fingerprint density at radius 2 is 2.00 bits per heavy atom. The lowest BCUT2D eigenvalue weighted by Crippen LogP contribution is -2.08. The van der Waals surface area contributed by atoms with E-state index in [1.807, 2.05) is 0 Å². The maximum Gasteiger partial charge on any atom is 0.302 e. The van der Waals surface area contributed by atoms with Gasteiger partial charge in [0, 0.05) is 17.5 Å². The zero-order chi connectivity index (χ0) is 20.3. The minimum Gasteiger partial charge on any atom is -0.493 e. The van der Waals surface area contributed by atoms with E-state index in [-0.39, 0.29) is 22.6 Å². The normalized spacial score (nSPS) is 11.1. The van der Waals surface area contributed by atoms with Crippen molar-refractivity contribution in [2.45, 2.75) is 6.92 Å². The highest BCUT2D eigenvalue weighted by atomic mass is 16.6. The van der Waals surface area contributed by atoms with E-state index in [4.69, 9.17) is 9.47 Å². The molecule has 0 fully saturated rings. The smallest absolute Gasteiger partial charge is 0.302 e. The number of carbonyl (C=O) groups is 1. The van der Waals surface area contributed by atoms with E-state index in [1.165, 1.54) is 19.2 Å². The van der Waals surface area contributed by atoms with Gasteiger partial charge >= 0.3 is 5.91 Å². The van der Waals surface area contributed by atoms with Crippen molar-refractivity contribution in [1.29, 1.82) is 0 Å². The standard InChI is InChI=1S/C18H16N4O6/c1-10-7-11(22(25)26)8-12-16(10)19-18(24)17(12)21-20-15(23)9-28-14-6-4-3-5-13(14)27-2/h3-8,19,24H,9H2,1-2H3. The number of nitrogens with one attached hydrogen (secondary N) is 1. The molecule has 2 aromatic carbocycles. The molecule has 0 aliphatic carbocycles. The van der Waals surface area contributed by atoms with Gasteiger partial charge in [0.2, 0.25) is 5.88 Å². The molecule has 1 aromatic heterocycles. The van der Waals surface area contributed by atoms with Crippen LogP contribution in [0, 0.1) is 17.0 Å². The molecule has 0 radical (unpaired) electrons. The molecule has 10 nitrogen and oxygen atoms in total. The number of carbonyl (C=O) groups excluding carboxylic acids is 1. The summed E-state index contributed by atoms with van der Waals surface area (Å²) in [7, 11) is 1.48. The lowest BCUT2D eigenvalue weighted by Gasteiger charge is -2.07. The highest BCUT2D eigenvalue weighted by Gasteiger charge is 2.18. The second-order valence-electron chi connectivity index (χ2n) is 5.80. The number of benzene rings is 2. The molecule has 0 atom stereocenters. The van der Waals surface area contributed by atoms with Gasteiger partial charge in [0.05, 0.1) is 17.5 Å². The maximum atomic E-state index is 12.0. The SMILES string of the molecule is COc1ccccc1OCC(=O)N=Nc1c(O)[nH]c2c(C)cc([N+](=O)[O-])cc12. The number of rotatable bonds is 6. The number of ether oxygens (including phenoxy) is 2. The van der Waals surface area contributed by atoms with Gasteiger partial charge in [0.25, 0.3) is 5.69 Å². The molecular weight excluding hydrogens is 368 g/mol. The van der Waals surface area contributed by atoms with Crippen molar-refractivity contribution in [2.75, 3.05) is 13.7 Å². The van der Waals surface area contributed by atoms with Crippen LogP contribution in [0.1, 0.15) is 5.56 Å². The molecule has 3 rings (SSSR count). The van der Waals surface area contributed by atoms with Gasteiger partial charge in [-0.1, -0.05) is 12.1 Å². The van der Waals surface area contributed by atoms with Gasteiger partial charge < -0.3 is 19.6 Å². The largest absolute Gasteiger partial charge is 0.493 e. The molecule has 10 heteroatoms. The fourth-order valence-corrected chi connectivity index (χ4v) is 2.64. The van der Waals surface area contributed by atoms with Crippen molar-refractivity contribution < 1.29 is 24.3 Å². The predicted octanol–water partition coefficient (Wildman–Crippen LogP) is 3.79. The van der Waals surface area contributed by atoms with Crippen molar-refractivity contribution in [2.24, 2.45) is 10.2 Å². The third kappa shape index (κ3) is 3.75. The third-order valence-corrected chi connectivity index (χ3v) is 3.94. The molecule has 3 aromatic rings. The van der Waals surface area contributed by atoms with E-state index < -0.39 is 17.4 Å². The predicted molar refractivity (Wildman–Crippen MR) is 99.4 cm³/mol. The summed E-state index contributed by atoms with van der Waals surface area (Å²) in [4.78, 5) is 25.2. The van der Waals surface area contributed by atoms with Gasteiger partial charge in [-0.15, -0.1) is 10.2 Å². The summed E-state index contributed by atoms with van der Waals surface area (Å²) in [6, 6.07) is 9.42. The van der Waals surface area contributed by atoms with Crippen molar-refractivity contribution in [3.8, 4) is 17.4 Å². The van der Waals surface area contributed by atoms with Crippen molar-refractivity contribution >= 4 is 28.2 Å². The summed E-state index contributed by atoms with van der Waals surface area (Å²) in [5.41, 5.74) is 0.792. The minimum atomic E-state index is -0.707. The number of nitro benzene ring substituents is 1. The molecule has 2 N–H and O–H groups in total. The van der Waals surface area contributed by atoms with Crippen LogP contribution >= 0.6 is 0 Å². The molecular formula is C18H16N4O6. The number of azo groups is 1. The molecule has 1 heterocycles. The molecule has 0 aliphatic rings. The Bertz CT molecular complexity index is 1090. The Morgan fingerprint density at radius 3 is 2.68 bits per heavy atom. The summed E-state index contributed by atoms with van der Waals surface area (Å²) in [5, 5.41) is 28.6. The van der Waals surface area contributed by atoms with E-state index in [0.717, 1.165) is 0 Å². The van der Waals surface area contributed by atoms with Crippen LogP contribution in [0.4, 0.5) is 11.4 Å². The highest BCUT2D eigenvalue weighted by Crippen LogP contribution is 2.39. The van der Waals surface area contributed by atoms with Gasteiger partial charge in [-0.25, -0.2) is 0 Å². The number of para-hydroxylation sites is 2. The van der Waals surface area contributed by atoms with E-state index in [0.29, 0.717) is 22.6 Å². The second-order valence-corrected chi connectivity index (χ2v) is 5.80. The molecule has 0 aliphatic heterocycles. The summed E-state index contributed by atoms with van der Waals surface area (Å²) in [6.07, 6.45) is 0. The van der Waals surface area contributed by atoms with E-state index in [1.54, 1.807) is 31.2 Å². The van der Waals surface area contributed by atoms with Crippen LogP contribution < -0.4 is 9.47 Å². The van der Waals surface area contributed by atoms with Crippen molar-refractivity contribution in [3.05, 3.63) is 52.1 Å². The zero-order valence-electron chi connectivity index (χ0n) is 15.0. The summed E-state index contributed by atoms with van der Waals surface area (Å²) in [6.45, 7) is 1.25. The molecule has 0 saturated carbocycles. The first-order valence-electron chi connectivity index (χ1n) is 8.10. The van der Waals surface area contributed by atoms with Gasteiger partial charge in [-0.3, -0.25) is 14.9 Å². The lowest BCUT2D eigenvalue weighted by atomic mass is 10.1. The number of nitrogens with zero attached hydrogens (tertiary/aromatic N) is 3. The molecule has 0 unspecified atom stereocenters. The molecule has 0 saturated heterocycles. The first-order valence-corrected chi connectivity index (χ1v) is 8.10. The number of H-pyrrole nitrogens is 1. The molecule has 0 bridgehead atoms. The average molecular weight is 384 g/mol. The second kappa shape index (κ2) is 7.74. The Hall–Kier alpha value is -3.95. The fourth-order valence-electron chi connectivity index (χ4n) is 2.64. The Labute approximate surface area is 158 Å². The lowest BCUT2D eigenvalue weighted by molar-refractivity contribution is -0.384. The van der Waals surface area contributed by atoms with Gasteiger partial charge in [-0.2, -0.15) is 0 Å². The number of hydrogen-bond acceptors (Lipinski definition) is 7. The number of aromatic hydroxyl groups is 1. The zero-order valence-corrected chi connectivity index (χ0v) is 15.0. The van der Waals surface area contributed by atoms with Crippen LogP contribution in [-0.4, -0.2) is 34.6 Å². The molecule has 1 amide bonds. The number of nitro groups is 1. The summed E-state index contributed by atoms with van der Waals surface area (Å²) >= 11 is 0. The van der Waals surface area contributed by atoms with Crippen LogP contribution in [0.5, 0.6) is 17.4 Å². The van der Waals surface area contributed by atoms with Crippen molar-refractivity contribution in [3.63, 3.8) is 0 Å². The molecule has 144 valence electrons. The Kier molecular flexibility index (Phi) is 5.21. The molecule has 0 spiro atoms. The quantitative estimate of drug-likeness (QED) is 0.376. The number of amides is 1. The first-order chi connectivity index (χ1) is 13.4. The number of fused-ring (bicyclic) bond motifs is 1. The number of hydrogen-bond donors (Lipinski definition) is 2. The van der Waals surface area contributed by atoms with E-state index in [2.05, 4.69) is 15.2 Å². The van der Waals surface area contributed by atoms with Crippen LogP contribution in [0.2, 0.25) is 0 Å². The number of aromatic amines is 1. The third-order valence-electron chi connectivity index (χ3n) is 3.94. The average Bonchev–Trinajstić information content (AvgIpc) is 3.00. The van der Waals surface area contributed by atoms with Crippen LogP contribution in [0.3, 0.4) is 0 Å². The highest BCUT2D eigenvalue weighted by molar-refractivity contribution is 5.97. The topological polar surface area (TPSA) is 139 Å². The minimum absolute atomic E-state index is 0.0626.